The molecule has 0 saturated heterocycles. The summed E-state index contributed by atoms with van der Waals surface area (Å²) < 4.78 is 7.85. The van der Waals surface area contributed by atoms with Crippen LogP contribution < -0.4 is 9.97 Å². The van der Waals surface area contributed by atoms with E-state index in [-0.39, 0.29) is 0 Å². The van der Waals surface area contributed by atoms with Gasteiger partial charge in [-0.1, -0.05) is 109 Å². The van der Waals surface area contributed by atoms with Crippen LogP contribution in [0.5, 0.6) is 0 Å². The van der Waals surface area contributed by atoms with E-state index in [4.69, 9.17) is 4.76 Å². The van der Waals surface area contributed by atoms with Crippen molar-refractivity contribution in [3.05, 3.63) is 138 Å². The molecule has 1 unspecified atom stereocenters. The normalized spacial score (nSPS) is 16.1. The number of rotatable bonds is 4. The second-order valence-electron chi connectivity index (χ2n) is 7.93. The van der Waals surface area contributed by atoms with E-state index >= 15 is 0 Å². The molecular weight excluding hydrogens is 407 g/mol. The number of benzene rings is 4. The predicted molar refractivity (Wildman–Crippen MR) is 139 cm³/mol. The van der Waals surface area contributed by atoms with E-state index in [1.54, 1.807) is 0 Å². The van der Waals surface area contributed by atoms with Gasteiger partial charge in [0.25, 0.3) is 0 Å². The zero-order valence-electron chi connectivity index (χ0n) is 18.3. The van der Waals surface area contributed by atoms with Crippen LogP contribution in [0.2, 0.25) is 0 Å². The van der Waals surface area contributed by atoms with Crippen molar-refractivity contribution < 1.29 is 0 Å². The van der Waals surface area contributed by atoms with Gasteiger partial charge in [0, 0.05) is 16.6 Å². The topological polar surface area (TPSA) is 15.6 Å². The van der Waals surface area contributed by atoms with E-state index in [0.717, 1.165) is 17.0 Å². The van der Waals surface area contributed by atoms with E-state index in [1.165, 1.54) is 27.7 Å². The van der Waals surface area contributed by atoms with Crippen molar-refractivity contribution in [2.45, 2.75) is 13.8 Å². The minimum absolute atomic E-state index is 1.00. The van der Waals surface area contributed by atoms with Crippen molar-refractivity contribution in [3.8, 4) is 0 Å². The summed E-state index contributed by atoms with van der Waals surface area (Å²) in [7, 11) is -1.00. The number of hydrogen-bond donors (Lipinski definition) is 0. The van der Waals surface area contributed by atoms with E-state index in [2.05, 4.69) is 134 Å². The second-order valence-corrected chi connectivity index (χ2v) is 9.62. The molecule has 5 rings (SSSR count). The predicted octanol–water partition coefficient (Wildman–Crippen LogP) is 7.37. The number of allylic oxidation sites excluding steroid dienone is 1. The summed E-state index contributed by atoms with van der Waals surface area (Å²) in [5.41, 5.74) is 8.27. The number of nitrogens with zero attached hydrogens (tertiary/aromatic N) is 2. The molecule has 0 aromatic heterocycles. The Hall–Kier alpha value is -3.48. The van der Waals surface area contributed by atoms with Gasteiger partial charge < -0.3 is 0 Å². The lowest BCUT2D eigenvalue weighted by Crippen LogP contribution is -2.27. The monoisotopic (exact) mass is 432 g/mol. The fraction of sp³-hybridized carbons (Fsp3) is 0.0690. The highest BCUT2D eigenvalue weighted by Crippen LogP contribution is 2.53. The molecule has 3 heteroatoms. The second kappa shape index (κ2) is 8.94. The molecule has 1 aliphatic heterocycles. The van der Waals surface area contributed by atoms with Gasteiger partial charge in [-0.15, -0.1) is 0 Å². The standard InChI is InChI=1S/C29H25N2P/c1-22-18-20-24(21-19-22)28-23(2)29(25-12-6-3-7-13-25)31(26-14-8-4-9-15-26)32(30-28)27-16-10-5-11-17-27/h3-21H,1-2H3. The van der Waals surface area contributed by atoms with Gasteiger partial charge in [0.2, 0.25) is 0 Å². The first-order valence-corrected chi connectivity index (χ1v) is 12.1. The highest BCUT2D eigenvalue weighted by Gasteiger charge is 2.32. The van der Waals surface area contributed by atoms with E-state index in [0.29, 0.717) is 0 Å². The van der Waals surface area contributed by atoms with Crippen LogP contribution in [0.4, 0.5) is 5.69 Å². The summed E-state index contributed by atoms with van der Waals surface area (Å²) in [4.78, 5) is 0. The van der Waals surface area contributed by atoms with Crippen molar-refractivity contribution in [2.24, 2.45) is 4.76 Å². The van der Waals surface area contributed by atoms with Crippen LogP contribution in [0.3, 0.4) is 0 Å². The van der Waals surface area contributed by atoms with Gasteiger partial charge in [-0.05, 0) is 37.1 Å². The number of hydrogen-bond acceptors (Lipinski definition) is 2. The number of aryl methyl sites for hydroxylation is 1. The summed E-state index contributed by atoms with van der Waals surface area (Å²) in [6.45, 7) is 4.33. The fourth-order valence-corrected chi connectivity index (χ4v) is 6.18. The Morgan fingerprint density at radius 2 is 1.16 bits per heavy atom. The lowest BCUT2D eigenvalue weighted by atomic mass is 9.97. The SMILES string of the molecule is CC1=C(c2ccccc2)N(c2ccccc2)P(c2ccccc2)N=C1c1ccc(C)cc1. The first-order valence-electron chi connectivity index (χ1n) is 10.8. The zero-order chi connectivity index (χ0) is 21.9. The molecule has 0 bridgehead atoms. The van der Waals surface area contributed by atoms with Gasteiger partial charge in [0.1, 0.15) is 0 Å². The smallest absolute Gasteiger partial charge is 0.154 e. The van der Waals surface area contributed by atoms with Crippen molar-refractivity contribution >= 4 is 30.6 Å². The summed E-state index contributed by atoms with van der Waals surface area (Å²) >= 11 is 0. The lowest BCUT2D eigenvalue weighted by Gasteiger charge is -2.38. The third-order valence-electron chi connectivity index (χ3n) is 5.67. The summed E-state index contributed by atoms with van der Waals surface area (Å²) in [5, 5.41) is 1.23. The molecule has 0 fully saturated rings. The first kappa shape index (κ1) is 20.4. The van der Waals surface area contributed by atoms with Crippen LogP contribution in [0.1, 0.15) is 23.6 Å². The molecule has 0 radical (unpaired) electrons. The maximum atomic E-state index is 5.42. The minimum atomic E-state index is -1.00. The number of anilines is 1. The molecule has 4 aromatic rings. The van der Waals surface area contributed by atoms with Crippen LogP contribution in [0, 0.1) is 6.92 Å². The average Bonchev–Trinajstić information content (AvgIpc) is 2.86. The molecule has 32 heavy (non-hydrogen) atoms. The third-order valence-corrected chi connectivity index (χ3v) is 7.63. The van der Waals surface area contributed by atoms with Crippen molar-refractivity contribution in [1.82, 2.24) is 0 Å². The van der Waals surface area contributed by atoms with Gasteiger partial charge in [-0.3, -0.25) is 4.67 Å². The minimum Gasteiger partial charge on any atom is -0.297 e. The molecule has 0 N–H and O–H groups in total. The molecule has 156 valence electrons. The van der Waals surface area contributed by atoms with E-state index in [1.807, 2.05) is 0 Å². The molecule has 0 amide bonds. The van der Waals surface area contributed by atoms with Crippen LogP contribution in [0.15, 0.2) is 126 Å². The van der Waals surface area contributed by atoms with Crippen molar-refractivity contribution in [1.29, 1.82) is 0 Å². The third kappa shape index (κ3) is 3.90. The molecular formula is C29H25N2P. The average molecular weight is 433 g/mol. The zero-order valence-corrected chi connectivity index (χ0v) is 19.2. The summed E-state index contributed by atoms with van der Waals surface area (Å²) in [6.07, 6.45) is 0. The maximum Gasteiger partial charge on any atom is 0.154 e. The Labute approximate surface area is 191 Å². The Morgan fingerprint density at radius 3 is 1.78 bits per heavy atom. The maximum absolute atomic E-state index is 5.42. The van der Waals surface area contributed by atoms with Crippen molar-refractivity contribution in [2.75, 3.05) is 4.67 Å². The van der Waals surface area contributed by atoms with Gasteiger partial charge >= 0.3 is 0 Å². The first-order chi connectivity index (χ1) is 15.7. The summed E-state index contributed by atoms with van der Waals surface area (Å²) in [6, 6.07) is 40.7. The fourth-order valence-electron chi connectivity index (χ4n) is 4.04. The van der Waals surface area contributed by atoms with Crippen LogP contribution in [-0.4, -0.2) is 5.71 Å². The highest BCUT2D eigenvalue weighted by atomic mass is 31.1. The Kier molecular flexibility index (Phi) is 5.71. The highest BCUT2D eigenvalue weighted by molar-refractivity contribution is 7.66. The lowest BCUT2D eigenvalue weighted by molar-refractivity contribution is 1.34. The molecule has 4 aromatic carbocycles. The largest absolute Gasteiger partial charge is 0.297 e. The van der Waals surface area contributed by atoms with Gasteiger partial charge in [0.05, 0.1) is 11.4 Å². The van der Waals surface area contributed by atoms with Crippen LogP contribution in [0.25, 0.3) is 5.70 Å². The Morgan fingerprint density at radius 1 is 0.594 bits per heavy atom. The van der Waals surface area contributed by atoms with Gasteiger partial charge in [-0.2, -0.15) is 0 Å². The van der Waals surface area contributed by atoms with Gasteiger partial charge in [0.15, 0.2) is 8.22 Å². The Bertz CT molecular complexity index is 1260. The van der Waals surface area contributed by atoms with Crippen LogP contribution >= 0.6 is 8.22 Å². The van der Waals surface area contributed by atoms with Gasteiger partial charge in [-0.25, -0.2) is 4.76 Å². The van der Waals surface area contributed by atoms with E-state index < -0.39 is 8.22 Å². The molecule has 0 aliphatic carbocycles. The molecule has 2 nitrogen and oxygen atoms in total. The molecule has 1 heterocycles. The molecule has 0 spiro atoms. The molecule has 1 aliphatic rings. The quantitative estimate of drug-likeness (QED) is 0.307. The molecule has 0 saturated carbocycles. The molecule has 1 atom stereocenters. The Balaban J connectivity index is 1.78. The number of para-hydroxylation sites is 1. The van der Waals surface area contributed by atoms with Crippen molar-refractivity contribution in [3.63, 3.8) is 0 Å². The van der Waals surface area contributed by atoms with Crippen LogP contribution in [-0.2, 0) is 0 Å². The summed E-state index contributed by atoms with van der Waals surface area (Å²) in [5.74, 6) is 0. The van der Waals surface area contributed by atoms with E-state index in [9.17, 15) is 0 Å².